The first-order valence-electron chi connectivity index (χ1n) is 13.6. The van der Waals surface area contributed by atoms with Gasteiger partial charge in [0.15, 0.2) is 0 Å². The minimum Gasteiger partial charge on any atom is -0.207 e. The van der Waals surface area contributed by atoms with E-state index in [2.05, 4.69) is 19.1 Å². The number of rotatable bonds is 7. The fourth-order valence-corrected chi connectivity index (χ4v) is 6.88. The highest BCUT2D eigenvalue weighted by Gasteiger charge is 2.30. The van der Waals surface area contributed by atoms with Crippen LogP contribution in [-0.2, 0) is 6.42 Å². The predicted molar refractivity (Wildman–Crippen MR) is 130 cm³/mol. The maximum Gasteiger partial charge on any atom is 0.123 e. The van der Waals surface area contributed by atoms with Crippen LogP contribution in [0.1, 0.15) is 102 Å². The van der Waals surface area contributed by atoms with Crippen LogP contribution in [0, 0.1) is 41.3 Å². The summed E-state index contributed by atoms with van der Waals surface area (Å²) in [6.07, 6.45) is 26.4. The number of hydrogen-bond donors (Lipinski definition) is 0. The number of halogens is 1. The summed E-state index contributed by atoms with van der Waals surface area (Å²) >= 11 is 0. The van der Waals surface area contributed by atoms with Crippen LogP contribution >= 0.6 is 0 Å². The zero-order valence-electron chi connectivity index (χ0n) is 19.9. The summed E-state index contributed by atoms with van der Waals surface area (Å²) in [5.41, 5.74) is 1.29. The van der Waals surface area contributed by atoms with E-state index in [-0.39, 0.29) is 5.82 Å². The van der Waals surface area contributed by atoms with E-state index < -0.39 is 0 Å². The Labute approximate surface area is 191 Å². The minimum atomic E-state index is -0.122. The first-order chi connectivity index (χ1) is 15.2. The highest BCUT2D eigenvalue weighted by molar-refractivity contribution is 5.16. The average Bonchev–Trinajstić information content (AvgIpc) is 2.83. The molecule has 0 atom stereocenters. The molecule has 3 aliphatic rings. The van der Waals surface area contributed by atoms with Gasteiger partial charge in [-0.1, -0.05) is 50.5 Å². The third-order valence-electron chi connectivity index (χ3n) is 9.25. The van der Waals surface area contributed by atoms with Crippen molar-refractivity contribution in [2.75, 3.05) is 0 Å². The Kier molecular flexibility index (Phi) is 8.68. The Hall–Kier alpha value is -1.11. The van der Waals surface area contributed by atoms with E-state index in [0.717, 1.165) is 41.9 Å². The van der Waals surface area contributed by atoms with Crippen LogP contribution in [0.25, 0.3) is 0 Å². The van der Waals surface area contributed by atoms with Crippen LogP contribution in [0.5, 0.6) is 0 Å². The second-order valence-corrected chi connectivity index (χ2v) is 11.2. The van der Waals surface area contributed by atoms with Crippen LogP contribution in [0.3, 0.4) is 0 Å². The van der Waals surface area contributed by atoms with Gasteiger partial charge in [-0.3, -0.25) is 0 Å². The number of allylic oxidation sites excluding steroid dienone is 2. The lowest BCUT2D eigenvalue weighted by atomic mass is 9.69. The van der Waals surface area contributed by atoms with Crippen molar-refractivity contribution in [1.29, 1.82) is 0 Å². The second-order valence-electron chi connectivity index (χ2n) is 11.2. The zero-order chi connectivity index (χ0) is 21.5. The van der Waals surface area contributed by atoms with E-state index >= 15 is 0 Å². The number of hydrogen-bond acceptors (Lipinski definition) is 0. The van der Waals surface area contributed by atoms with Gasteiger partial charge in [0, 0.05) is 0 Å². The van der Waals surface area contributed by atoms with E-state index in [1.807, 2.05) is 12.1 Å². The Balaban J connectivity index is 1.11. The smallest absolute Gasteiger partial charge is 0.123 e. The van der Waals surface area contributed by atoms with Gasteiger partial charge in [-0.15, -0.1) is 0 Å². The molecule has 0 bridgehead atoms. The van der Waals surface area contributed by atoms with Crippen LogP contribution in [-0.4, -0.2) is 0 Å². The summed E-state index contributed by atoms with van der Waals surface area (Å²) in [7, 11) is 0. The molecule has 0 unspecified atom stereocenters. The molecule has 172 valence electrons. The van der Waals surface area contributed by atoms with Crippen molar-refractivity contribution in [2.45, 2.75) is 103 Å². The molecule has 0 nitrogen and oxygen atoms in total. The first-order valence-corrected chi connectivity index (χ1v) is 13.6. The molecule has 0 N–H and O–H groups in total. The van der Waals surface area contributed by atoms with Crippen molar-refractivity contribution < 1.29 is 4.39 Å². The van der Waals surface area contributed by atoms with Crippen molar-refractivity contribution in [3.8, 4) is 0 Å². The summed E-state index contributed by atoms with van der Waals surface area (Å²) in [6.45, 7) is 2.38. The van der Waals surface area contributed by atoms with Gasteiger partial charge >= 0.3 is 0 Å². The standard InChI is InChI=1S/C30H45F/c1-2-23-11-17-28(18-12-23)29-19-13-26(14-20-29)9-7-24-3-5-25(6-4-24)8-10-27-15-21-30(31)22-16-27/h7,9,15-16,21-26,28-29H,2-6,8,10-14,17-20H2,1H3. The van der Waals surface area contributed by atoms with Crippen molar-refractivity contribution in [3.63, 3.8) is 0 Å². The van der Waals surface area contributed by atoms with Crippen molar-refractivity contribution >= 4 is 0 Å². The molecule has 1 aromatic rings. The van der Waals surface area contributed by atoms with Crippen LogP contribution in [0.2, 0.25) is 0 Å². The molecule has 3 aliphatic carbocycles. The van der Waals surface area contributed by atoms with Crippen LogP contribution < -0.4 is 0 Å². The predicted octanol–water partition coefficient (Wildman–Crippen LogP) is 9.14. The molecule has 0 heterocycles. The molecule has 31 heavy (non-hydrogen) atoms. The SMILES string of the molecule is CCC1CCC(C2CCC(C=CC3CCC(CCc4ccc(F)cc4)CC3)CC2)CC1. The fraction of sp³-hybridized carbons (Fsp3) is 0.733. The van der Waals surface area contributed by atoms with E-state index in [1.54, 1.807) is 12.1 Å². The first kappa shape index (κ1) is 23.1. The lowest BCUT2D eigenvalue weighted by Gasteiger charge is -2.37. The van der Waals surface area contributed by atoms with Gasteiger partial charge in [-0.2, -0.15) is 0 Å². The summed E-state index contributed by atoms with van der Waals surface area (Å²) in [6, 6.07) is 7.10. The molecule has 0 aliphatic heterocycles. The highest BCUT2D eigenvalue weighted by Crippen LogP contribution is 2.42. The quantitative estimate of drug-likeness (QED) is 0.383. The topological polar surface area (TPSA) is 0 Å². The van der Waals surface area contributed by atoms with Crippen LogP contribution in [0.15, 0.2) is 36.4 Å². The summed E-state index contributed by atoms with van der Waals surface area (Å²) in [4.78, 5) is 0. The van der Waals surface area contributed by atoms with Crippen molar-refractivity contribution in [1.82, 2.24) is 0 Å². The molecule has 0 amide bonds. The lowest BCUT2D eigenvalue weighted by Crippen LogP contribution is -2.25. The second kappa shape index (κ2) is 11.7. The monoisotopic (exact) mass is 424 g/mol. The highest BCUT2D eigenvalue weighted by atomic mass is 19.1. The Morgan fingerprint density at radius 1 is 0.677 bits per heavy atom. The van der Waals surface area contributed by atoms with Gasteiger partial charge in [-0.05, 0) is 130 Å². The molecule has 4 rings (SSSR count). The molecule has 1 aromatic carbocycles. The van der Waals surface area contributed by atoms with Crippen molar-refractivity contribution in [2.24, 2.45) is 35.5 Å². The van der Waals surface area contributed by atoms with Gasteiger partial charge in [0.2, 0.25) is 0 Å². The Morgan fingerprint density at radius 2 is 1.16 bits per heavy atom. The molecule has 0 saturated heterocycles. The molecular formula is C30H45F. The normalized spacial score (nSPS) is 34.8. The van der Waals surface area contributed by atoms with Crippen LogP contribution in [0.4, 0.5) is 4.39 Å². The third-order valence-corrected chi connectivity index (χ3v) is 9.25. The van der Waals surface area contributed by atoms with Crippen molar-refractivity contribution in [3.05, 3.63) is 47.8 Å². The van der Waals surface area contributed by atoms with Gasteiger partial charge in [-0.25, -0.2) is 4.39 Å². The average molecular weight is 425 g/mol. The van der Waals surface area contributed by atoms with E-state index in [4.69, 9.17) is 0 Å². The fourth-order valence-electron chi connectivity index (χ4n) is 6.88. The van der Waals surface area contributed by atoms with E-state index in [9.17, 15) is 4.39 Å². The molecule has 3 saturated carbocycles. The van der Waals surface area contributed by atoms with E-state index in [0.29, 0.717) is 0 Å². The van der Waals surface area contributed by atoms with Gasteiger partial charge in [0.25, 0.3) is 0 Å². The zero-order valence-corrected chi connectivity index (χ0v) is 19.9. The maximum absolute atomic E-state index is 13.1. The summed E-state index contributed by atoms with van der Waals surface area (Å²) in [5.74, 6) is 5.56. The number of benzene rings is 1. The van der Waals surface area contributed by atoms with E-state index in [1.165, 1.54) is 95.5 Å². The molecule has 1 heteroatoms. The largest absolute Gasteiger partial charge is 0.207 e. The number of aryl methyl sites for hydroxylation is 1. The minimum absolute atomic E-state index is 0.122. The Bertz CT molecular complexity index is 650. The van der Waals surface area contributed by atoms with Gasteiger partial charge in [0.05, 0.1) is 0 Å². The van der Waals surface area contributed by atoms with Gasteiger partial charge < -0.3 is 0 Å². The summed E-state index contributed by atoms with van der Waals surface area (Å²) < 4.78 is 13.1. The Morgan fingerprint density at radius 3 is 1.71 bits per heavy atom. The molecular weight excluding hydrogens is 379 g/mol. The molecule has 0 aromatic heterocycles. The summed E-state index contributed by atoms with van der Waals surface area (Å²) in [5, 5.41) is 0. The molecule has 3 fully saturated rings. The molecule has 0 radical (unpaired) electrons. The third kappa shape index (κ3) is 6.93. The van der Waals surface area contributed by atoms with Gasteiger partial charge in [0.1, 0.15) is 5.82 Å². The lowest BCUT2D eigenvalue weighted by molar-refractivity contribution is 0.154. The molecule has 0 spiro atoms. The maximum atomic E-state index is 13.1.